The fourth-order valence-electron chi connectivity index (χ4n) is 2.21. The number of benzene rings is 1. The summed E-state index contributed by atoms with van der Waals surface area (Å²) in [5, 5.41) is 8.16. The van der Waals surface area contributed by atoms with E-state index in [1.165, 1.54) is 18.3 Å². The Hall–Kier alpha value is -2.25. The maximum Gasteiger partial charge on any atom is 0.269 e. The van der Waals surface area contributed by atoms with E-state index in [1.807, 2.05) is 38.1 Å². The van der Waals surface area contributed by atoms with Crippen LogP contribution in [0.4, 0.5) is 0 Å². The molecule has 0 bridgehead atoms. The van der Waals surface area contributed by atoms with E-state index in [2.05, 4.69) is 20.4 Å². The Morgan fingerprint density at radius 1 is 1.33 bits per heavy atom. The lowest BCUT2D eigenvalue weighted by molar-refractivity contribution is -0.120. The number of thiazole rings is 1. The molecule has 0 saturated carbocycles. The van der Waals surface area contributed by atoms with Crippen molar-refractivity contribution in [3.05, 3.63) is 41.3 Å². The van der Waals surface area contributed by atoms with Crippen molar-refractivity contribution in [1.82, 2.24) is 20.4 Å². The Morgan fingerprint density at radius 2 is 2.08 bits per heavy atom. The van der Waals surface area contributed by atoms with Crippen molar-refractivity contribution in [2.75, 3.05) is 0 Å². The molecule has 0 aliphatic carbocycles. The van der Waals surface area contributed by atoms with Crippen molar-refractivity contribution in [2.24, 2.45) is 0 Å². The van der Waals surface area contributed by atoms with Gasteiger partial charge in [0.25, 0.3) is 5.89 Å². The van der Waals surface area contributed by atoms with Crippen LogP contribution in [0.2, 0.25) is 5.02 Å². The van der Waals surface area contributed by atoms with Crippen LogP contribution in [0.1, 0.15) is 26.6 Å². The summed E-state index contributed by atoms with van der Waals surface area (Å²) in [6.07, 6.45) is 1.67. The molecule has 6 nitrogen and oxygen atoms in total. The average Bonchev–Trinajstić information content (AvgIpc) is 3.16. The van der Waals surface area contributed by atoms with E-state index in [-0.39, 0.29) is 5.91 Å². The van der Waals surface area contributed by atoms with Crippen LogP contribution in [0.5, 0.6) is 0 Å². The van der Waals surface area contributed by atoms with E-state index in [1.54, 1.807) is 6.20 Å². The highest BCUT2D eigenvalue weighted by molar-refractivity contribution is 7.18. The van der Waals surface area contributed by atoms with Crippen LogP contribution in [-0.2, 0) is 10.3 Å². The largest absolute Gasteiger partial charge is 0.344 e. The third kappa shape index (κ3) is 3.32. The number of halogens is 1. The fraction of sp³-hybridized carbons (Fsp3) is 0.250. The van der Waals surface area contributed by atoms with Gasteiger partial charge in [0, 0.05) is 12.5 Å². The van der Waals surface area contributed by atoms with Crippen LogP contribution in [0.25, 0.3) is 21.3 Å². The summed E-state index contributed by atoms with van der Waals surface area (Å²) in [7, 11) is 0. The summed E-state index contributed by atoms with van der Waals surface area (Å²) < 4.78 is 5.32. The monoisotopic (exact) mass is 362 g/mol. The number of aromatic nitrogens is 3. The highest BCUT2D eigenvalue weighted by Crippen LogP contribution is 2.35. The van der Waals surface area contributed by atoms with Gasteiger partial charge in [0.2, 0.25) is 5.91 Å². The van der Waals surface area contributed by atoms with Gasteiger partial charge in [-0.05, 0) is 19.9 Å². The molecule has 0 saturated heterocycles. The van der Waals surface area contributed by atoms with Gasteiger partial charge in [-0.25, -0.2) is 4.98 Å². The molecule has 0 unspecified atom stereocenters. The van der Waals surface area contributed by atoms with Gasteiger partial charge in [-0.3, -0.25) is 4.79 Å². The lowest BCUT2D eigenvalue weighted by atomic mass is 10.1. The molecular weight excluding hydrogens is 348 g/mol. The Kier molecular flexibility index (Phi) is 4.38. The van der Waals surface area contributed by atoms with Gasteiger partial charge in [0.15, 0.2) is 5.82 Å². The van der Waals surface area contributed by atoms with Crippen LogP contribution in [0.15, 0.2) is 35.0 Å². The summed E-state index contributed by atoms with van der Waals surface area (Å²) >= 11 is 7.61. The van der Waals surface area contributed by atoms with Crippen molar-refractivity contribution in [1.29, 1.82) is 0 Å². The second-order valence-corrected chi connectivity index (χ2v) is 7.18. The zero-order valence-electron chi connectivity index (χ0n) is 13.3. The van der Waals surface area contributed by atoms with E-state index in [0.29, 0.717) is 16.7 Å². The maximum atomic E-state index is 11.3. The molecule has 8 heteroatoms. The molecule has 24 heavy (non-hydrogen) atoms. The molecule has 0 radical (unpaired) electrons. The topological polar surface area (TPSA) is 80.9 Å². The van der Waals surface area contributed by atoms with E-state index in [9.17, 15) is 4.79 Å². The number of rotatable bonds is 4. The molecule has 1 N–H and O–H groups in total. The molecule has 2 aromatic heterocycles. The lowest BCUT2D eigenvalue weighted by Crippen LogP contribution is -2.40. The molecule has 2 heterocycles. The van der Waals surface area contributed by atoms with Crippen LogP contribution in [0.3, 0.4) is 0 Å². The van der Waals surface area contributed by atoms with Crippen LogP contribution >= 0.6 is 22.9 Å². The molecule has 124 valence electrons. The molecule has 0 fully saturated rings. The summed E-state index contributed by atoms with van der Waals surface area (Å²) in [6.45, 7) is 5.07. The number of nitrogens with zero attached hydrogens (tertiary/aromatic N) is 3. The van der Waals surface area contributed by atoms with Gasteiger partial charge in [0.05, 0.1) is 16.8 Å². The number of carbonyl (C=O) groups excluding carboxylic acids is 1. The van der Waals surface area contributed by atoms with Crippen molar-refractivity contribution >= 4 is 28.8 Å². The first-order valence-corrected chi connectivity index (χ1v) is 8.40. The van der Waals surface area contributed by atoms with Crippen LogP contribution in [-0.4, -0.2) is 21.0 Å². The second kappa shape index (κ2) is 6.33. The minimum atomic E-state index is -0.718. The first-order valence-electron chi connectivity index (χ1n) is 7.21. The fourth-order valence-corrected chi connectivity index (χ4v) is 3.36. The lowest BCUT2D eigenvalue weighted by Gasteiger charge is -2.20. The normalized spacial score (nSPS) is 11.5. The van der Waals surface area contributed by atoms with Gasteiger partial charge < -0.3 is 9.84 Å². The molecule has 0 aliphatic rings. The van der Waals surface area contributed by atoms with Crippen LogP contribution < -0.4 is 5.32 Å². The van der Waals surface area contributed by atoms with Gasteiger partial charge in [-0.2, -0.15) is 4.98 Å². The second-order valence-electron chi connectivity index (χ2n) is 5.74. The molecule has 3 aromatic rings. The highest BCUT2D eigenvalue weighted by atomic mass is 35.5. The van der Waals surface area contributed by atoms with E-state index in [4.69, 9.17) is 16.1 Å². The smallest absolute Gasteiger partial charge is 0.269 e. The van der Waals surface area contributed by atoms with E-state index in [0.717, 1.165) is 15.4 Å². The minimum Gasteiger partial charge on any atom is -0.344 e. The molecule has 1 amide bonds. The first kappa shape index (κ1) is 16.6. The third-order valence-corrected chi connectivity index (χ3v) is 4.64. The van der Waals surface area contributed by atoms with Crippen LogP contribution in [0, 0.1) is 0 Å². The molecule has 1 aromatic carbocycles. The molecular formula is C16H15ClN4O2S. The SMILES string of the molecule is CC(=O)NC(C)(C)c1noc(-c2cnc(-c3ccccc3Cl)s2)n1. The number of nitrogens with one attached hydrogen (secondary N) is 1. The van der Waals surface area contributed by atoms with Crippen molar-refractivity contribution in [3.8, 4) is 21.3 Å². The summed E-state index contributed by atoms with van der Waals surface area (Å²) in [4.78, 5) is 20.8. The number of carbonyl (C=O) groups is 1. The van der Waals surface area contributed by atoms with Crippen molar-refractivity contribution in [3.63, 3.8) is 0 Å². The quantitative estimate of drug-likeness (QED) is 0.761. The third-order valence-electron chi connectivity index (χ3n) is 3.29. The molecule has 0 spiro atoms. The van der Waals surface area contributed by atoms with Gasteiger partial charge in [-0.15, -0.1) is 11.3 Å². The van der Waals surface area contributed by atoms with E-state index >= 15 is 0 Å². The van der Waals surface area contributed by atoms with Crippen molar-refractivity contribution in [2.45, 2.75) is 26.3 Å². The predicted octanol–water partition coefficient (Wildman–Crippen LogP) is 3.88. The van der Waals surface area contributed by atoms with Crippen molar-refractivity contribution < 1.29 is 9.32 Å². The number of hydrogen-bond acceptors (Lipinski definition) is 6. The van der Waals surface area contributed by atoms with Gasteiger partial charge in [-0.1, -0.05) is 35.0 Å². The van der Waals surface area contributed by atoms with Gasteiger partial charge >= 0.3 is 0 Å². The minimum absolute atomic E-state index is 0.162. The standard InChI is InChI=1S/C16H15ClN4O2S/c1-9(22)20-16(2,3)15-19-13(23-21-15)12-8-18-14(24-12)10-6-4-5-7-11(10)17/h4-8H,1-3H3,(H,20,22). The van der Waals surface area contributed by atoms with E-state index < -0.39 is 5.54 Å². The Balaban J connectivity index is 1.89. The Morgan fingerprint density at radius 3 is 2.79 bits per heavy atom. The first-order chi connectivity index (χ1) is 11.4. The number of amides is 1. The molecule has 3 rings (SSSR count). The molecule has 0 atom stereocenters. The predicted molar refractivity (Wildman–Crippen MR) is 92.7 cm³/mol. The number of hydrogen-bond donors (Lipinski definition) is 1. The zero-order chi connectivity index (χ0) is 17.3. The zero-order valence-corrected chi connectivity index (χ0v) is 14.9. The molecule has 0 aliphatic heterocycles. The summed E-state index contributed by atoms with van der Waals surface area (Å²) in [5.74, 6) is 0.602. The Bertz CT molecular complexity index is 888. The highest BCUT2D eigenvalue weighted by Gasteiger charge is 2.28. The summed E-state index contributed by atoms with van der Waals surface area (Å²) in [5.41, 5.74) is 0.137. The van der Waals surface area contributed by atoms with Gasteiger partial charge in [0.1, 0.15) is 9.88 Å². The maximum absolute atomic E-state index is 11.3. The average molecular weight is 363 g/mol. The Labute approximate surface area is 147 Å². The summed E-state index contributed by atoms with van der Waals surface area (Å²) in [6, 6.07) is 7.50.